The molecule has 0 fully saturated rings. The molecule has 0 aliphatic rings. The van der Waals surface area contributed by atoms with E-state index in [0.29, 0.717) is 5.69 Å². The van der Waals surface area contributed by atoms with Gasteiger partial charge in [0.25, 0.3) is 5.56 Å². The van der Waals surface area contributed by atoms with Gasteiger partial charge in [0.2, 0.25) is 5.91 Å². The second kappa shape index (κ2) is 7.35. The van der Waals surface area contributed by atoms with E-state index in [2.05, 4.69) is 10.4 Å². The Kier molecular flexibility index (Phi) is 4.98. The van der Waals surface area contributed by atoms with Crippen molar-refractivity contribution < 1.29 is 4.79 Å². The van der Waals surface area contributed by atoms with Crippen molar-refractivity contribution in [3.8, 4) is 11.3 Å². The number of carbonyl (C=O) groups is 1. The van der Waals surface area contributed by atoms with Crippen LogP contribution in [-0.4, -0.2) is 15.7 Å². The number of hydrogen-bond acceptors (Lipinski definition) is 3. The summed E-state index contributed by atoms with van der Waals surface area (Å²) in [5.41, 5.74) is 5.14. The molecule has 0 aliphatic heterocycles. The van der Waals surface area contributed by atoms with Gasteiger partial charge in [0.05, 0.1) is 5.69 Å². The maximum Gasteiger partial charge on any atom is 0.267 e. The molecule has 5 nitrogen and oxygen atoms in total. The first kappa shape index (κ1) is 17.6. The highest BCUT2D eigenvalue weighted by molar-refractivity contribution is 5.91. The van der Waals surface area contributed by atoms with E-state index in [1.54, 1.807) is 6.07 Å². The van der Waals surface area contributed by atoms with Crippen LogP contribution in [-0.2, 0) is 11.3 Å². The average molecular weight is 347 g/mol. The molecule has 132 valence electrons. The SMILES string of the molecule is Cc1ccc(C)c(NC(=O)Cn2nc(-c3ccccc3C)ccc2=O)c1. The van der Waals surface area contributed by atoms with Gasteiger partial charge in [-0.2, -0.15) is 5.10 Å². The first-order valence-electron chi connectivity index (χ1n) is 8.45. The molecule has 1 N–H and O–H groups in total. The highest BCUT2D eigenvalue weighted by Gasteiger charge is 2.10. The fourth-order valence-electron chi connectivity index (χ4n) is 2.76. The zero-order valence-corrected chi connectivity index (χ0v) is 15.1. The summed E-state index contributed by atoms with van der Waals surface area (Å²) in [6.07, 6.45) is 0. The summed E-state index contributed by atoms with van der Waals surface area (Å²) in [6.45, 7) is 5.75. The van der Waals surface area contributed by atoms with Crippen LogP contribution in [0.1, 0.15) is 16.7 Å². The number of aromatic nitrogens is 2. The molecule has 26 heavy (non-hydrogen) atoms. The van der Waals surface area contributed by atoms with Crippen molar-refractivity contribution in [2.75, 3.05) is 5.32 Å². The van der Waals surface area contributed by atoms with Crippen molar-refractivity contribution in [2.45, 2.75) is 27.3 Å². The molecule has 3 rings (SSSR count). The normalized spacial score (nSPS) is 10.6. The van der Waals surface area contributed by atoms with Crippen LogP contribution in [0.3, 0.4) is 0 Å². The van der Waals surface area contributed by atoms with Gasteiger partial charge in [-0.05, 0) is 49.6 Å². The second-order valence-electron chi connectivity index (χ2n) is 6.40. The Bertz CT molecular complexity index is 1020. The Hall–Kier alpha value is -3.21. The van der Waals surface area contributed by atoms with Crippen LogP contribution >= 0.6 is 0 Å². The van der Waals surface area contributed by atoms with Gasteiger partial charge in [-0.3, -0.25) is 9.59 Å². The molecule has 1 heterocycles. The summed E-state index contributed by atoms with van der Waals surface area (Å²) in [5.74, 6) is -0.282. The Labute approximate surface area is 152 Å². The number of nitrogens with zero attached hydrogens (tertiary/aromatic N) is 2. The van der Waals surface area contributed by atoms with Crippen molar-refractivity contribution in [3.05, 3.63) is 81.6 Å². The number of nitrogens with one attached hydrogen (secondary N) is 1. The predicted molar refractivity (Wildman–Crippen MR) is 103 cm³/mol. The van der Waals surface area contributed by atoms with Crippen molar-refractivity contribution >= 4 is 11.6 Å². The highest BCUT2D eigenvalue weighted by Crippen LogP contribution is 2.20. The molecular formula is C21H21N3O2. The van der Waals surface area contributed by atoms with Gasteiger partial charge in [0, 0.05) is 17.3 Å². The highest BCUT2D eigenvalue weighted by atomic mass is 16.2. The summed E-state index contributed by atoms with van der Waals surface area (Å²) in [4.78, 5) is 24.5. The first-order valence-corrected chi connectivity index (χ1v) is 8.45. The van der Waals surface area contributed by atoms with Gasteiger partial charge in [-0.1, -0.05) is 36.4 Å². The van der Waals surface area contributed by atoms with Crippen molar-refractivity contribution in [1.29, 1.82) is 0 Å². The van der Waals surface area contributed by atoms with Gasteiger partial charge >= 0.3 is 0 Å². The van der Waals surface area contributed by atoms with Gasteiger partial charge in [0.15, 0.2) is 0 Å². The van der Waals surface area contributed by atoms with Crippen molar-refractivity contribution in [3.63, 3.8) is 0 Å². The molecule has 0 saturated carbocycles. The van der Waals surface area contributed by atoms with Crippen molar-refractivity contribution in [2.24, 2.45) is 0 Å². The van der Waals surface area contributed by atoms with E-state index in [9.17, 15) is 9.59 Å². The molecule has 0 aliphatic carbocycles. The number of carbonyl (C=O) groups excluding carboxylic acids is 1. The van der Waals surface area contributed by atoms with Crippen LogP contribution in [0.4, 0.5) is 5.69 Å². The smallest absolute Gasteiger partial charge is 0.267 e. The Morgan fingerprint density at radius 2 is 1.77 bits per heavy atom. The summed E-state index contributed by atoms with van der Waals surface area (Å²) in [7, 11) is 0. The quantitative estimate of drug-likeness (QED) is 0.786. The van der Waals surface area contributed by atoms with Crippen LogP contribution in [0.15, 0.2) is 59.4 Å². The molecule has 0 bridgehead atoms. The molecule has 1 aromatic heterocycles. The minimum atomic E-state index is -0.307. The summed E-state index contributed by atoms with van der Waals surface area (Å²) >= 11 is 0. The van der Waals surface area contributed by atoms with Crippen molar-refractivity contribution in [1.82, 2.24) is 9.78 Å². The lowest BCUT2D eigenvalue weighted by molar-refractivity contribution is -0.117. The Morgan fingerprint density at radius 3 is 2.54 bits per heavy atom. The van der Waals surface area contributed by atoms with Gasteiger partial charge in [-0.15, -0.1) is 0 Å². The zero-order chi connectivity index (χ0) is 18.7. The standard InChI is InChI=1S/C21H21N3O2/c1-14-8-9-16(3)19(12-14)22-20(25)13-24-21(26)11-10-18(23-24)17-7-5-4-6-15(17)2/h4-12H,13H2,1-3H3,(H,22,25). The predicted octanol–water partition coefficient (Wildman–Crippen LogP) is 3.47. The third-order valence-electron chi connectivity index (χ3n) is 4.25. The molecule has 0 radical (unpaired) electrons. The summed E-state index contributed by atoms with van der Waals surface area (Å²) in [6, 6.07) is 16.8. The van der Waals surface area contributed by atoms with E-state index in [1.165, 1.54) is 10.7 Å². The number of aryl methyl sites for hydroxylation is 3. The second-order valence-corrected chi connectivity index (χ2v) is 6.40. The number of benzene rings is 2. The number of rotatable bonds is 4. The fourth-order valence-corrected chi connectivity index (χ4v) is 2.76. The number of amides is 1. The molecule has 0 saturated heterocycles. The van der Waals surface area contributed by atoms with E-state index in [-0.39, 0.29) is 18.0 Å². The minimum Gasteiger partial charge on any atom is -0.324 e. The molecule has 5 heteroatoms. The summed E-state index contributed by atoms with van der Waals surface area (Å²) in [5, 5.41) is 7.23. The molecule has 3 aromatic rings. The van der Waals surface area contributed by atoms with Crippen LogP contribution in [0.2, 0.25) is 0 Å². The van der Waals surface area contributed by atoms with Crippen LogP contribution in [0.5, 0.6) is 0 Å². The topological polar surface area (TPSA) is 64.0 Å². The molecular weight excluding hydrogens is 326 g/mol. The van der Waals surface area contributed by atoms with Gasteiger partial charge < -0.3 is 5.32 Å². The lowest BCUT2D eigenvalue weighted by atomic mass is 10.1. The van der Waals surface area contributed by atoms with E-state index in [0.717, 1.165) is 27.9 Å². The molecule has 0 atom stereocenters. The Balaban J connectivity index is 1.84. The largest absolute Gasteiger partial charge is 0.324 e. The van der Waals surface area contributed by atoms with E-state index in [1.807, 2.05) is 63.2 Å². The maximum atomic E-state index is 12.4. The molecule has 0 unspecified atom stereocenters. The average Bonchev–Trinajstić information content (AvgIpc) is 2.61. The first-order chi connectivity index (χ1) is 12.4. The minimum absolute atomic E-state index is 0.133. The van der Waals surface area contributed by atoms with Gasteiger partial charge in [-0.25, -0.2) is 4.68 Å². The molecule has 2 aromatic carbocycles. The molecule has 1 amide bonds. The monoisotopic (exact) mass is 347 g/mol. The van der Waals surface area contributed by atoms with Crippen LogP contribution < -0.4 is 10.9 Å². The van der Waals surface area contributed by atoms with E-state index >= 15 is 0 Å². The third-order valence-corrected chi connectivity index (χ3v) is 4.25. The van der Waals surface area contributed by atoms with E-state index < -0.39 is 0 Å². The number of anilines is 1. The zero-order valence-electron chi connectivity index (χ0n) is 15.1. The third kappa shape index (κ3) is 3.88. The van der Waals surface area contributed by atoms with E-state index in [4.69, 9.17) is 0 Å². The van der Waals surface area contributed by atoms with Crippen LogP contribution in [0.25, 0.3) is 11.3 Å². The molecule has 0 spiro atoms. The lowest BCUT2D eigenvalue weighted by Crippen LogP contribution is -2.29. The maximum absolute atomic E-state index is 12.4. The Morgan fingerprint density at radius 1 is 1.00 bits per heavy atom. The lowest BCUT2D eigenvalue weighted by Gasteiger charge is -2.11. The van der Waals surface area contributed by atoms with Crippen LogP contribution in [0, 0.1) is 20.8 Å². The van der Waals surface area contributed by atoms with Gasteiger partial charge in [0.1, 0.15) is 6.54 Å². The number of hydrogen-bond donors (Lipinski definition) is 1. The summed E-state index contributed by atoms with van der Waals surface area (Å²) < 4.78 is 1.20. The fraction of sp³-hybridized carbons (Fsp3) is 0.190.